The number of hydrogen-bond donors (Lipinski definition) is 1. The lowest BCUT2D eigenvalue weighted by atomic mass is 10.3. The fraction of sp³-hybridized carbons (Fsp3) is 0.0769. The summed E-state index contributed by atoms with van der Waals surface area (Å²) in [6.45, 7) is 0. The normalized spacial score (nSPS) is 11.2. The van der Waals surface area contributed by atoms with Crippen molar-refractivity contribution in [2.45, 2.75) is 6.36 Å². The molecule has 0 atom stereocenters. The second-order valence-electron chi connectivity index (χ2n) is 3.80. The molecule has 0 radical (unpaired) electrons. The highest BCUT2D eigenvalue weighted by Crippen LogP contribution is 2.30. The van der Waals surface area contributed by atoms with Crippen molar-refractivity contribution >= 4 is 5.69 Å². The second-order valence-corrected chi connectivity index (χ2v) is 3.80. The van der Waals surface area contributed by atoms with Crippen molar-refractivity contribution in [2.24, 2.45) is 0 Å². The lowest BCUT2D eigenvalue weighted by Gasteiger charge is -2.11. The van der Waals surface area contributed by atoms with Crippen LogP contribution in [-0.2, 0) is 0 Å². The Kier molecular flexibility index (Phi) is 3.69. The zero-order chi connectivity index (χ0) is 14.8. The van der Waals surface area contributed by atoms with Crippen LogP contribution in [0.3, 0.4) is 0 Å². The quantitative estimate of drug-likeness (QED) is 0.682. The minimum Gasteiger partial charge on any atom is -0.455 e. The topological polar surface area (TPSA) is 44.5 Å². The molecule has 0 saturated carbocycles. The summed E-state index contributed by atoms with van der Waals surface area (Å²) in [6.07, 6.45) is -4.75. The molecule has 2 N–H and O–H groups in total. The average Bonchev–Trinajstić information content (AvgIpc) is 2.34. The summed E-state index contributed by atoms with van der Waals surface area (Å²) in [5.74, 6) is -0.630. The van der Waals surface area contributed by atoms with Gasteiger partial charge in [-0.25, -0.2) is 4.39 Å². The van der Waals surface area contributed by atoms with E-state index in [2.05, 4.69) is 4.74 Å². The minimum atomic E-state index is -4.75. The molecule has 0 heterocycles. The van der Waals surface area contributed by atoms with Gasteiger partial charge in [0.25, 0.3) is 0 Å². The lowest BCUT2D eigenvalue weighted by Crippen LogP contribution is -2.16. The van der Waals surface area contributed by atoms with Crippen LogP contribution in [0.25, 0.3) is 0 Å². The van der Waals surface area contributed by atoms with E-state index < -0.39 is 12.2 Å². The van der Waals surface area contributed by atoms with Crippen molar-refractivity contribution < 1.29 is 27.0 Å². The van der Waals surface area contributed by atoms with E-state index in [1.54, 1.807) is 0 Å². The third-order valence-electron chi connectivity index (χ3n) is 2.26. The predicted molar refractivity (Wildman–Crippen MR) is 64.0 cm³/mol. The lowest BCUT2D eigenvalue weighted by molar-refractivity contribution is -0.274. The summed E-state index contributed by atoms with van der Waals surface area (Å²) in [7, 11) is 0. The summed E-state index contributed by atoms with van der Waals surface area (Å²) < 4.78 is 57.9. The molecule has 2 aromatic carbocycles. The smallest absolute Gasteiger partial charge is 0.455 e. The van der Waals surface area contributed by atoms with Crippen LogP contribution < -0.4 is 15.2 Å². The van der Waals surface area contributed by atoms with Gasteiger partial charge in [-0.1, -0.05) is 0 Å². The summed E-state index contributed by atoms with van der Waals surface area (Å²) in [5, 5.41) is 0. The number of halogens is 4. The van der Waals surface area contributed by atoms with Crippen LogP contribution in [0.5, 0.6) is 17.2 Å². The number of benzene rings is 2. The van der Waals surface area contributed by atoms with Gasteiger partial charge in [-0.2, -0.15) is 0 Å². The SMILES string of the molecule is Nc1ccc(F)cc1Oc1ccc(OC(F)(F)F)cc1. The van der Waals surface area contributed by atoms with Crippen molar-refractivity contribution in [2.75, 3.05) is 5.73 Å². The standard InChI is InChI=1S/C13H9F4NO2/c14-8-1-6-11(18)12(7-8)19-9-2-4-10(5-3-9)20-13(15,16)17/h1-7H,18H2. The number of nitrogen functional groups attached to an aromatic ring is 1. The Morgan fingerprint density at radius 2 is 1.50 bits per heavy atom. The molecule has 0 bridgehead atoms. The van der Waals surface area contributed by atoms with Gasteiger partial charge in [0.2, 0.25) is 0 Å². The molecule has 2 aromatic rings. The van der Waals surface area contributed by atoms with E-state index in [1.807, 2.05) is 0 Å². The van der Waals surface area contributed by atoms with Gasteiger partial charge in [-0.15, -0.1) is 13.2 Å². The van der Waals surface area contributed by atoms with Crippen molar-refractivity contribution in [1.82, 2.24) is 0 Å². The minimum absolute atomic E-state index is 0.0782. The molecule has 0 aliphatic heterocycles. The summed E-state index contributed by atoms with van der Waals surface area (Å²) >= 11 is 0. The van der Waals surface area contributed by atoms with Crippen LogP contribution in [0.1, 0.15) is 0 Å². The van der Waals surface area contributed by atoms with E-state index in [9.17, 15) is 17.6 Å². The van der Waals surface area contributed by atoms with Gasteiger partial charge in [0, 0.05) is 6.07 Å². The van der Waals surface area contributed by atoms with Crippen molar-refractivity contribution in [3.63, 3.8) is 0 Å². The maximum atomic E-state index is 13.0. The Balaban J connectivity index is 2.13. The number of ether oxygens (including phenoxy) is 2. The zero-order valence-electron chi connectivity index (χ0n) is 9.95. The van der Waals surface area contributed by atoms with E-state index >= 15 is 0 Å². The molecule has 3 nitrogen and oxygen atoms in total. The van der Waals surface area contributed by atoms with Gasteiger partial charge < -0.3 is 15.2 Å². The Labute approximate surface area is 111 Å². The zero-order valence-corrected chi connectivity index (χ0v) is 9.95. The molecule has 20 heavy (non-hydrogen) atoms. The molecule has 0 aliphatic rings. The Morgan fingerprint density at radius 3 is 2.10 bits per heavy atom. The maximum Gasteiger partial charge on any atom is 0.573 e. The molecular weight excluding hydrogens is 278 g/mol. The number of rotatable bonds is 3. The molecule has 7 heteroatoms. The van der Waals surface area contributed by atoms with Crippen LogP contribution >= 0.6 is 0 Å². The van der Waals surface area contributed by atoms with E-state index in [4.69, 9.17) is 10.5 Å². The monoisotopic (exact) mass is 287 g/mol. The van der Waals surface area contributed by atoms with Crippen LogP contribution in [-0.4, -0.2) is 6.36 Å². The van der Waals surface area contributed by atoms with Crippen LogP contribution in [0.15, 0.2) is 42.5 Å². The van der Waals surface area contributed by atoms with Crippen molar-refractivity contribution in [3.05, 3.63) is 48.3 Å². The number of anilines is 1. The molecule has 0 amide bonds. The fourth-order valence-corrected chi connectivity index (χ4v) is 1.43. The van der Waals surface area contributed by atoms with Gasteiger partial charge in [-0.3, -0.25) is 0 Å². The van der Waals surface area contributed by atoms with Crippen LogP contribution in [0.4, 0.5) is 23.2 Å². The second kappa shape index (κ2) is 5.28. The van der Waals surface area contributed by atoms with Crippen LogP contribution in [0.2, 0.25) is 0 Å². The molecule has 0 spiro atoms. The molecule has 0 aliphatic carbocycles. The molecule has 0 unspecified atom stereocenters. The number of nitrogens with two attached hydrogens (primary N) is 1. The van der Waals surface area contributed by atoms with Crippen LogP contribution in [0, 0.1) is 5.82 Å². The van der Waals surface area contributed by atoms with E-state index in [0.29, 0.717) is 0 Å². The van der Waals surface area contributed by atoms with Gasteiger partial charge in [0.05, 0.1) is 5.69 Å². The fourth-order valence-electron chi connectivity index (χ4n) is 1.43. The summed E-state index contributed by atoms with van der Waals surface area (Å²) in [5.41, 5.74) is 5.80. The first-order valence-corrected chi connectivity index (χ1v) is 5.42. The molecule has 106 valence electrons. The predicted octanol–water partition coefficient (Wildman–Crippen LogP) is 4.10. The number of hydrogen-bond acceptors (Lipinski definition) is 3. The highest BCUT2D eigenvalue weighted by molar-refractivity contribution is 5.54. The highest BCUT2D eigenvalue weighted by Gasteiger charge is 2.30. The largest absolute Gasteiger partial charge is 0.573 e. The molecule has 0 aromatic heterocycles. The van der Waals surface area contributed by atoms with Crippen molar-refractivity contribution in [3.8, 4) is 17.2 Å². The van der Waals surface area contributed by atoms with Gasteiger partial charge in [0.1, 0.15) is 17.3 Å². The van der Waals surface area contributed by atoms with Gasteiger partial charge >= 0.3 is 6.36 Å². The summed E-state index contributed by atoms with van der Waals surface area (Å²) in [6, 6.07) is 8.25. The third-order valence-corrected chi connectivity index (χ3v) is 2.26. The average molecular weight is 287 g/mol. The molecule has 0 saturated heterocycles. The Morgan fingerprint density at radius 1 is 0.900 bits per heavy atom. The number of alkyl halides is 3. The molecule has 0 fully saturated rings. The maximum absolute atomic E-state index is 13.0. The first kappa shape index (κ1) is 14.0. The Bertz CT molecular complexity index is 596. The molecular formula is C13H9F4NO2. The van der Waals surface area contributed by atoms with E-state index in [1.165, 1.54) is 24.3 Å². The van der Waals surface area contributed by atoms with Crippen molar-refractivity contribution in [1.29, 1.82) is 0 Å². The first-order chi connectivity index (χ1) is 9.33. The summed E-state index contributed by atoms with van der Waals surface area (Å²) in [4.78, 5) is 0. The molecule has 2 rings (SSSR count). The van der Waals surface area contributed by atoms with E-state index in [-0.39, 0.29) is 22.9 Å². The highest BCUT2D eigenvalue weighted by atomic mass is 19.4. The van der Waals surface area contributed by atoms with Gasteiger partial charge in [-0.05, 0) is 36.4 Å². The van der Waals surface area contributed by atoms with Gasteiger partial charge in [0.15, 0.2) is 5.75 Å². The Hall–Kier alpha value is -2.44. The van der Waals surface area contributed by atoms with E-state index in [0.717, 1.165) is 18.2 Å². The third kappa shape index (κ3) is 3.78. The first-order valence-electron chi connectivity index (χ1n) is 5.42.